The molecule has 1 heterocycles. The number of Topliss-reactive ketones (excluding diaryl/α,β-unsaturated/α-hetero) is 1. The standard InChI is InChI=1S/C14H14N2O3S/c1-19-14(18)9-10(15)11(16-13(9)20-2)12(17)8-6-4-3-5-7-8/h3-7,11H,15H2,1-2H3/t11-/m1/s1. The van der Waals surface area contributed by atoms with Crippen molar-refractivity contribution in [1.29, 1.82) is 0 Å². The summed E-state index contributed by atoms with van der Waals surface area (Å²) in [4.78, 5) is 28.4. The van der Waals surface area contributed by atoms with E-state index in [2.05, 4.69) is 9.73 Å². The van der Waals surface area contributed by atoms with E-state index in [0.29, 0.717) is 10.6 Å². The molecule has 6 heteroatoms. The number of thioether (sulfide) groups is 1. The highest BCUT2D eigenvalue weighted by molar-refractivity contribution is 8.14. The van der Waals surface area contributed by atoms with Crippen molar-refractivity contribution in [3.63, 3.8) is 0 Å². The molecule has 0 saturated heterocycles. The van der Waals surface area contributed by atoms with Crippen molar-refractivity contribution in [3.05, 3.63) is 47.2 Å². The van der Waals surface area contributed by atoms with Gasteiger partial charge in [0.1, 0.15) is 10.6 Å². The first-order valence-electron chi connectivity index (χ1n) is 5.89. The van der Waals surface area contributed by atoms with Crippen molar-refractivity contribution in [2.45, 2.75) is 6.04 Å². The van der Waals surface area contributed by atoms with Crippen LogP contribution in [-0.4, -0.2) is 36.2 Å². The van der Waals surface area contributed by atoms with E-state index < -0.39 is 12.0 Å². The number of hydrogen-bond acceptors (Lipinski definition) is 6. The fraction of sp³-hybridized carbons (Fsp3) is 0.214. The summed E-state index contributed by atoms with van der Waals surface area (Å²) in [6, 6.07) is 7.89. The van der Waals surface area contributed by atoms with Crippen LogP contribution in [0.5, 0.6) is 0 Å². The second-order valence-corrected chi connectivity index (χ2v) is 4.89. The summed E-state index contributed by atoms with van der Waals surface area (Å²) in [6.45, 7) is 0. The van der Waals surface area contributed by atoms with E-state index in [4.69, 9.17) is 5.73 Å². The van der Waals surface area contributed by atoms with Gasteiger partial charge in [0.15, 0.2) is 11.8 Å². The molecule has 0 amide bonds. The molecule has 2 rings (SSSR count). The van der Waals surface area contributed by atoms with Crippen molar-refractivity contribution in [3.8, 4) is 0 Å². The minimum absolute atomic E-state index is 0.148. The van der Waals surface area contributed by atoms with Crippen LogP contribution in [0.25, 0.3) is 0 Å². The van der Waals surface area contributed by atoms with Crippen molar-refractivity contribution in [2.24, 2.45) is 10.7 Å². The molecule has 0 aromatic heterocycles. The van der Waals surface area contributed by atoms with Gasteiger partial charge in [0, 0.05) is 5.56 Å². The highest BCUT2D eigenvalue weighted by atomic mass is 32.2. The zero-order valence-electron chi connectivity index (χ0n) is 11.1. The van der Waals surface area contributed by atoms with Gasteiger partial charge < -0.3 is 10.5 Å². The number of nitrogens with zero attached hydrogens (tertiary/aromatic N) is 1. The second kappa shape index (κ2) is 5.92. The summed E-state index contributed by atoms with van der Waals surface area (Å²) < 4.78 is 4.69. The van der Waals surface area contributed by atoms with Gasteiger partial charge in [-0.25, -0.2) is 4.79 Å². The number of aliphatic imine (C=N–C) groups is 1. The first-order chi connectivity index (χ1) is 9.60. The number of nitrogens with two attached hydrogens (primary N) is 1. The van der Waals surface area contributed by atoms with Crippen LogP contribution in [0.3, 0.4) is 0 Å². The second-order valence-electron chi connectivity index (χ2n) is 4.09. The normalized spacial score (nSPS) is 17.9. The van der Waals surface area contributed by atoms with Crippen LogP contribution in [0.1, 0.15) is 10.4 Å². The van der Waals surface area contributed by atoms with Gasteiger partial charge in [0.2, 0.25) is 0 Å². The number of esters is 1. The molecule has 1 aliphatic heterocycles. The average molecular weight is 290 g/mol. The van der Waals surface area contributed by atoms with E-state index in [0.717, 1.165) is 0 Å². The van der Waals surface area contributed by atoms with Crippen LogP contribution in [-0.2, 0) is 9.53 Å². The Balaban J connectivity index is 2.39. The number of ketones is 1. The van der Waals surface area contributed by atoms with Crippen molar-refractivity contribution in [2.75, 3.05) is 13.4 Å². The molecule has 1 aliphatic rings. The molecule has 1 atom stereocenters. The lowest BCUT2D eigenvalue weighted by atomic mass is 10.0. The smallest absolute Gasteiger partial charge is 0.342 e. The zero-order valence-corrected chi connectivity index (χ0v) is 11.9. The Hall–Kier alpha value is -2.08. The Morgan fingerprint density at radius 1 is 1.30 bits per heavy atom. The van der Waals surface area contributed by atoms with Crippen LogP contribution in [0, 0.1) is 0 Å². The summed E-state index contributed by atoms with van der Waals surface area (Å²) in [6.07, 6.45) is 1.77. The molecule has 0 bridgehead atoms. The maximum atomic E-state index is 12.4. The first kappa shape index (κ1) is 14.3. The fourth-order valence-electron chi connectivity index (χ4n) is 1.93. The Morgan fingerprint density at radius 3 is 2.50 bits per heavy atom. The Labute approximate surface area is 120 Å². The number of carbonyl (C=O) groups excluding carboxylic acids is 2. The molecule has 104 valence electrons. The van der Waals surface area contributed by atoms with Crippen LogP contribution in [0.15, 0.2) is 46.6 Å². The molecule has 0 unspecified atom stereocenters. The lowest BCUT2D eigenvalue weighted by Gasteiger charge is -2.08. The van der Waals surface area contributed by atoms with Gasteiger partial charge in [-0.3, -0.25) is 9.79 Å². The van der Waals surface area contributed by atoms with E-state index >= 15 is 0 Å². The number of methoxy groups -OCH3 is 1. The predicted molar refractivity (Wildman–Crippen MR) is 78.7 cm³/mol. The van der Waals surface area contributed by atoms with E-state index in [9.17, 15) is 9.59 Å². The highest BCUT2D eigenvalue weighted by Gasteiger charge is 2.35. The van der Waals surface area contributed by atoms with E-state index in [1.807, 2.05) is 6.07 Å². The monoisotopic (exact) mass is 290 g/mol. The Kier molecular flexibility index (Phi) is 4.24. The SMILES string of the molecule is COC(=O)C1=C(N)[C@H](C(=O)c2ccccc2)N=C1SC. The third kappa shape index (κ3) is 2.46. The zero-order chi connectivity index (χ0) is 14.7. The minimum Gasteiger partial charge on any atom is -0.465 e. The summed E-state index contributed by atoms with van der Waals surface area (Å²) in [7, 11) is 1.27. The summed E-state index contributed by atoms with van der Waals surface area (Å²) >= 11 is 1.26. The third-order valence-corrected chi connectivity index (χ3v) is 3.63. The molecule has 2 N–H and O–H groups in total. The van der Waals surface area contributed by atoms with Gasteiger partial charge >= 0.3 is 5.97 Å². The Morgan fingerprint density at radius 2 is 1.95 bits per heavy atom. The maximum Gasteiger partial charge on any atom is 0.342 e. The average Bonchev–Trinajstić information content (AvgIpc) is 2.83. The molecule has 0 radical (unpaired) electrons. The molecule has 0 spiro atoms. The molecular formula is C14H14N2O3S. The van der Waals surface area contributed by atoms with Gasteiger partial charge in [-0.05, 0) is 6.26 Å². The lowest BCUT2D eigenvalue weighted by Crippen LogP contribution is -2.25. The van der Waals surface area contributed by atoms with Gasteiger partial charge in [-0.1, -0.05) is 30.3 Å². The summed E-state index contributed by atoms with van der Waals surface area (Å²) in [5, 5.41) is 0.434. The first-order valence-corrected chi connectivity index (χ1v) is 7.12. The third-order valence-electron chi connectivity index (χ3n) is 2.93. The predicted octanol–water partition coefficient (Wildman–Crippen LogP) is 1.40. The number of carbonyl (C=O) groups is 2. The maximum absolute atomic E-state index is 12.4. The molecule has 0 fully saturated rings. The molecule has 5 nitrogen and oxygen atoms in total. The largest absolute Gasteiger partial charge is 0.465 e. The van der Waals surface area contributed by atoms with Gasteiger partial charge in [0.25, 0.3) is 0 Å². The Bertz CT molecular complexity index is 608. The van der Waals surface area contributed by atoms with E-state index in [-0.39, 0.29) is 17.1 Å². The van der Waals surface area contributed by atoms with Gasteiger partial charge in [0.05, 0.1) is 12.8 Å². The topological polar surface area (TPSA) is 81.8 Å². The number of hydrogen-bond donors (Lipinski definition) is 1. The molecule has 0 aliphatic carbocycles. The quantitative estimate of drug-likeness (QED) is 0.672. The van der Waals surface area contributed by atoms with Gasteiger partial charge in [-0.15, -0.1) is 11.8 Å². The summed E-state index contributed by atoms with van der Waals surface area (Å²) in [5.41, 5.74) is 6.78. The van der Waals surface area contributed by atoms with E-state index in [1.54, 1.807) is 30.5 Å². The van der Waals surface area contributed by atoms with Crippen LogP contribution < -0.4 is 5.73 Å². The van der Waals surface area contributed by atoms with Crippen molar-refractivity contribution < 1.29 is 14.3 Å². The molecule has 20 heavy (non-hydrogen) atoms. The molecular weight excluding hydrogens is 276 g/mol. The van der Waals surface area contributed by atoms with Crippen molar-refractivity contribution >= 4 is 28.6 Å². The van der Waals surface area contributed by atoms with Gasteiger partial charge in [-0.2, -0.15) is 0 Å². The van der Waals surface area contributed by atoms with Crippen molar-refractivity contribution in [1.82, 2.24) is 0 Å². The number of rotatable bonds is 3. The molecule has 1 aromatic rings. The fourth-order valence-corrected chi connectivity index (χ4v) is 2.55. The molecule has 0 saturated carbocycles. The lowest BCUT2D eigenvalue weighted by molar-refractivity contribution is -0.135. The molecule has 1 aromatic carbocycles. The van der Waals surface area contributed by atoms with E-state index in [1.165, 1.54) is 18.9 Å². The minimum atomic E-state index is -0.853. The van der Waals surface area contributed by atoms with Crippen LogP contribution in [0.2, 0.25) is 0 Å². The number of benzene rings is 1. The highest BCUT2D eigenvalue weighted by Crippen LogP contribution is 2.26. The van der Waals surface area contributed by atoms with Crippen LogP contribution in [0.4, 0.5) is 0 Å². The summed E-state index contributed by atoms with van der Waals surface area (Å²) in [5.74, 6) is -0.799. The number of ether oxygens (including phenoxy) is 1. The van der Waals surface area contributed by atoms with Crippen LogP contribution >= 0.6 is 11.8 Å².